The second-order valence-electron chi connectivity index (χ2n) is 6.33. The van der Waals surface area contributed by atoms with E-state index in [0.29, 0.717) is 11.1 Å². The topological polar surface area (TPSA) is 75.0 Å². The molecule has 1 aromatic heterocycles. The molecule has 1 fully saturated rings. The van der Waals surface area contributed by atoms with Crippen molar-refractivity contribution < 1.29 is 4.79 Å². The molecule has 1 amide bonds. The van der Waals surface area contributed by atoms with Crippen LogP contribution in [0, 0.1) is 0 Å². The van der Waals surface area contributed by atoms with Gasteiger partial charge in [-0.2, -0.15) is 0 Å². The molecule has 4 rings (SSSR count). The lowest BCUT2D eigenvalue weighted by molar-refractivity contribution is 0.100. The number of fused-ring (bicyclic) bond motifs is 1. The molecule has 0 radical (unpaired) electrons. The van der Waals surface area contributed by atoms with E-state index in [9.17, 15) is 4.79 Å². The zero-order valence-corrected chi connectivity index (χ0v) is 13.5. The minimum Gasteiger partial charge on any atom is -0.366 e. The number of rotatable bonds is 4. The molecule has 1 aliphatic heterocycles. The fraction of sp³-hybridized carbons (Fsp3) is 0.263. The predicted molar refractivity (Wildman–Crippen MR) is 94.6 cm³/mol. The number of nitrogens with two attached hydrogens (primary N) is 1. The number of primary amides is 1. The lowest BCUT2D eigenvalue weighted by atomic mass is 10.1. The fourth-order valence-electron chi connectivity index (χ4n) is 3.33. The fourth-order valence-corrected chi connectivity index (χ4v) is 3.33. The molecule has 5 heteroatoms. The Morgan fingerprint density at radius 2 is 1.88 bits per heavy atom. The summed E-state index contributed by atoms with van der Waals surface area (Å²) in [6.45, 7) is 3.40. The minimum atomic E-state index is -0.459. The number of amides is 1. The van der Waals surface area contributed by atoms with Crippen LogP contribution in [-0.2, 0) is 6.54 Å². The van der Waals surface area contributed by atoms with Crippen molar-refractivity contribution >= 4 is 16.9 Å². The van der Waals surface area contributed by atoms with E-state index in [1.807, 2.05) is 12.1 Å². The summed E-state index contributed by atoms with van der Waals surface area (Å²) in [7, 11) is 0. The number of nitrogens with one attached hydrogen (secondary N) is 1. The summed E-state index contributed by atoms with van der Waals surface area (Å²) in [4.78, 5) is 21.9. The Kier molecular flexibility index (Phi) is 3.78. The maximum Gasteiger partial charge on any atom is 0.250 e. The van der Waals surface area contributed by atoms with Crippen LogP contribution < -0.4 is 5.73 Å². The van der Waals surface area contributed by atoms with Crippen LogP contribution in [-0.4, -0.2) is 33.9 Å². The molecule has 5 nitrogen and oxygen atoms in total. The highest BCUT2D eigenvalue weighted by Crippen LogP contribution is 2.23. The number of nitrogens with zero attached hydrogens (tertiary/aromatic N) is 2. The van der Waals surface area contributed by atoms with E-state index in [0.717, 1.165) is 23.4 Å². The highest BCUT2D eigenvalue weighted by Gasteiger charge is 2.13. The molecule has 0 spiro atoms. The number of carbonyl (C=O) groups is 1. The van der Waals surface area contributed by atoms with E-state index in [1.54, 1.807) is 6.07 Å². The zero-order chi connectivity index (χ0) is 16.5. The van der Waals surface area contributed by atoms with Crippen LogP contribution in [0.4, 0.5) is 0 Å². The third kappa shape index (κ3) is 2.78. The number of benzene rings is 2. The Hall–Kier alpha value is -2.66. The number of hydrogen-bond acceptors (Lipinski definition) is 3. The molecule has 3 N–H and O–H groups in total. The third-order valence-corrected chi connectivity index (χ3v) is 4.61. The van der Waals surface area contributed by atoms with E-state index in [-0.39, 0.29) is 0 Å². The molecule has 0 unspecified atom stereocenters. The number of carbonyl (C=O) groups excluding carboxylic acids is 1. The Labute approximate surface area is 140 Å². The monoisotopic (exact) mass is 320 g/mol. The first kappa shape index (κ1) is 14.9. The van der Waals surface area contributed by atoms with Crippen LogP contribution >= 0.6 is 0 Å². The van der Waals surface area contributed by atoms with E-state index >= 15 is 0 Å². The summed E-state index contributed by atoms with van der Waals surface area (Å²) in [6, 6.07) is 13.9. The van der Waals surface area contributed by atoms with Crippen molar-refractivity contribution in [3.8, 4) is 11.4 Å². The highest BCUT2D eigenvalue weighted by atomic mass is 16.1. The molecule has 2 aromatic carbocycles. The highest BCUT2D eigenvalue weighted by molar-refractivity contribution is 6.04. The number of H-pyrrole nitrogens is 1. The number of imidazole rings is 1. The second-order valence-corrected chi connectivity index (χ2v) is 6.33. The van der Waals surface area contributed by atoms with Gasteiger partial charge in [-0.25, -0.2) is 4.98 Å². The van der Waals surface area contributed by atoms with Gasteiger partial charge in [0, 0.05) is 12.1 Å². The van der Waals surface area contributed by atoms with Crippen LogP contribution in [0.15, 0.2) is 42.5 Å². The Balaban J connectivity index is 1.62. The van der Waals surface area contributed by atoms with E-state index in [1.165, 1.54) is 31.5 Å². The van der Waals surface area contributed by atoms with Gasteiger partial charge in [0.25, 0.3) is 5.91 Å². The van der Waals surface area contributed by atoms with Crippen LogP contribution in [0.25, 0.3) is 22.4 Å². The van der Waals surface area contributed by atoms with Crippen molar-refractivity contribution in [3.63, 3.8) is 0 Å². The maximum atomic E-state index is 11.5. The van der Waals surface area contributed by atoms with Gasteiger partial charge in [0.15, 0.2) is 0 Å². The van der Waals surface area contributed by atoms with E-state index in [4.69, 9.17) is 5.73 Å². The van der Waals surface area contributed by atoms with Gasteiger partial charge in [-0.15, -0.1) is 0 Å². The number of aromatic nitrogens is 2. The van der Waals surface area contributed by atoms with Gasteiger partial charge in [-0.3, -0.25) is 9.69 Å². The summed E-state index contributed by atoms with van der Waals surface area (Å²) in [5, 5.41) is 0. The molecule has 1 saturated heterocycles. The van der Waals surface area contributed by atoms with Gasteiger partial charge in [0.05, 0.1) is 11.1 Å². The maximum absolute atomic E-state index is 11.5. The molecular formula is C19H20N4O. The summed E-state index contributed by atoms with van der Waals surface area (Å²) < 4.78 is 0. The molecule has 0 aliphatic carbocycles. The van der Waals surface area contributed by atoms with Gasteiger partial charge in [-0.05, 0) is 43.6 Å². The number of para-hydroxylation sites is 1. The van der Waals surface area contributed by atoms with E-state index < -0.39 is 5.91 Å². The Bertz CT molecular complexity index is 876. The average Bonchev–Trinajstić information content (AvgIpc) is 3.24. The molecule has 3 aromatic rings. The smallest absolute Gasteiger partial charge is 0.250 e. The molecule has 0 atom stereocenters. The summed E-state index contributed by atoms with van der Waals surface area (Å²) in [6.07, 6.45) is 2.61. The molecule has 24 heavy (non-hydrogen) atoms. The van der Waals surface area contributed by atoms with E-state index in [2.05, 4.69) is 39.1 Å². The summed E-state index contributed by atoms with van der Waals surface area (Å²) in [5.41, 5.74) is 9.64. The van der Waals surface area contributed by atoms with Crippen LogP contribution in [0.1, 0.15) is 28.8 Å². The summed E-state index contributed by atoms with van der Waals surface area (Å²) >= 11 is 0. The predicted octanol–water partition coefficient (Wildman–Crippen LogP) is 2.92. The SMILES string of the molecule is NC(=O)c1cccc2[nH]c(-c3ccc(CN4CCCC4)cc3)nc12. The lowest BCUT2D eigenvalue weighted by Crippen LogP contribution is -2.18. The minimum absolute atomic E-state index is 0.445. The van der Waals surface area contributed by atoms with Crippen molar-refractivity contribution in [2.24, 2.45) is 5.73 Å². The second kappa shape index (κ2) is 6.09. The van der Waals surface area contributed by atoms with Gasteiger partial charge in [-0.1, -0.05) is 30.3 Å². The van der Waals surface area contributed by atoms with Crippen molar-refractivity contribution in [1.29, 1.82) is 0 Å². The first-order valence-corrected chi connectivity index (χ1v) is 8.31. The Morgan fingerprint density at radius 3 is 2.58 bits per heavy atom. The van der Waals surface area contributed by atoms with Crippen molar-refractivity contribution in [3.05, 3.63) is 53.6 Å². The largest absolute Gasteiger partial charge is 0.366 e. The quantitative estimate of drug-likeness (QED) is 0.776. The zero-order valence-electron chi connectivity index (χ0n) is 13.5. The lowest BCUT2D eigenvalue weighted by Gasteiger charge is -2.14. The number of aromatic amines is 1. The van der Waals surface area contributed by atoms with Gasteiger partial charge in [0.1, 0.15) is 11.3 Å². The third-order valence-electron chi connectivity index (χ3n) is 4.61. The molecule has 0 bridgehead atoms. The Morgan fingerprint density at radius 1 is 1.12 bits per heavy atom. The standard InChI is InChI=1S/C19H20N4O/c20-18(24)15-4-3-5-16-17(15)22-19(21-16)14-8-6-13(7-9-14)12-23-10-1-2-11-23/h3-9H,1-2,10-12H2,(H2,20,24)(H,21,22). The van der Waals surface area contributed by atoms with Crippen molar-refractivity contribution in [2.75, 3.05) is 13.1 Å². The molecule has 122 valence electrons. The van der Waals surface area contributed by atoms with Crippen LogP contribution in [0.3, 0.4) is 0 Å². The molecular weight excluding hydrogens is 300 g/mol. The van der Waals surface area contributed by atoms with Crippen molar-refractivity contribution in [2.45, 2.75) is 19.4 Å². The van der Waals surface area contributed by atoms with Gasteiger partial charge in [0.2, 0.25) is 0 Å². The first-order valence-electron chi connectivity index (χ1n) is 8.31. The molecule has 1 aliphatic rings. The number of hydrogen-bond donors (Lipinski definition) is 2. The molecule has 2 heterocycles. The van der Waals surface area contributed by atoms with Crippen LogP contribution in [0.2, 0.25) is 0 Å². The molecule has 0 saturated carbocycles. The van der Waals surface area contributed by atoms with Crippen LogP contribution in [0.5, 0.6) is 0 Å². The first-order chi connectivity index (χ1) is 11.7. The normalized spacial score (nSPS) is 15.2. The van der Waals surface area contributed by atoms with Gasteiger partial charge < -0.3 is 10.7 Å². The number of likely N-dealkylation sites (tertiary alicyclic amines) is 1. The van der Waals surface area contributed by atoms with Gasteiger partial charge >= 0.3 is 0 Å². The summed E-state index contributed by atoms with van der Waals surface area (Å²) in [5.74, 6) is 0.297. The van der Waals surface area contributed by atoms with Crippen molar-refractivity contribution in [1.82, 2.24) is 14.9 Å². The average molecular weight is 320 g/mol.